The monoisotopic (exact) mass is 235 g/mol. The third kappa shape index (κ3) is 4.26. The van der Waals surface area contributed by atoms with Crippen LogP contribution in [0.25, 0.3) is 0 Å². The Bertz CT molecular complexity index is 406. The van der Waals surface area contributed by atoms with Gasteiger partial charge in [0.25, 0.3) is 0 Å². The molecule has 0 heterocycles. The summed E-state index contributed by atoms with van der Waals surface area (Å²) in [6.07, 6.45) is 0.961. The van der Waals surface area contributed by atoms with Gasteiger partial charge in [0.15, 0.2) is 0 Å². The Morgan fingerprint density at radius 1 is 1.24 bits per heavy atom. The van der Waals surface area contributed by atoms with Gasteiger partial charge in [-0.05, 0) is 37.0 Å². The lowest BCUT2D eigenvalue weighted by atomic mass is 9.98. The molecule has 0 bridgehead atoms. The van der Waals surface area contributed by atoms with E-state index in [1.165, 1.54) is 0 Å². The van der Waals surface area contributed by atoms with E-state index >= 15 is 0 Å². The van der Waals surface area contributed by atoms with Crippen molar-refractivity contribution in [2.45, 2.75) is 26.7 Å². The average molecular weight is 235 g/mol. The summed E-state index contributed by atoms with van der Waals surface area (Å²) in [5.74, 6) is -1.25. The van der Waals surface area contributed by atoms with E-state index in [0.717, 1.165) is 16.7 Å². The van der Waals surface area contributed by atoms with Crippen LogP contribution >= 0.6 is 0 Å². The normalized spacial score (nSPS) is 10.0. The molecule has 1 rings (SSSR count). The Kier molecular flexibility index (Phi) is 4.69. The molecule has 1 aromatic rings. The van der Waals surface area contributed by atoms with Crippen molar-refractivity contribution in [2.75, 3.05) is 6.54 Å². The van der Waals surface area contributed by atoms with Gasteiger partial charge in [-0.15, -0.1) is 0 Å². The lowest BCUT2D eigenvalue weighted by Crippen LogP contribution is -2.29. The highest BCUT2D eigenvalue weighted by molar-refractivity contribution is 5.81. The van der Waals surface area contributed by atoms with Crippen molar-refractivity contribution in [2.24, 2.45) is 0 Å². The maximum absolute atomic E-state index is 11.4. The standard InChI is InChI=1S/C13H17NO3/c1-9-4-3-5-10(2)11(9)6-7-12(15)14-8-13(16)17/h3-5H,6-8H2,1-2H3,(H,14,15)(H,16,17). The van der Waals surface area contributed by atoms with Crippen LogP contribution in [-0.4, -0.2) is 23.5 Å². The van der Waals surface area contributed by atoms with E-state index in [0.29, 0.717) is 12.8 Å². The number of aliphatic carboxylic acids is 1. The van der Waals surface area contributed by atoms with E-state index in [-0.39, 0.29) is 12.5 Å². The molecule has 0 aliphatic rings. The lowest BCUT2D eigenvalue weighted by molar-refractivity contribution is -0.137. The average Bonchev–Trinajstić information content (AvgIpc) is 2.25. The first-order valence-electron chi connectivity index (χ1n) is 5.54. The first kappa shape index (κ1) is 13.2. The number of carboxylic acids is 1. The van der Waals surface area contributed by atoms with E-state index in [2.05, 4.69) is 5.32 Å². The largest absolute Gasteiger partial charge is 0.480 e. The highest BCUT2D eigenvalue weighted by Gasteiger charge is 2.07. The van der Waals surface area contributed by atoms with E-state index in [4.69, 9.17) is 5.11 Å². The fraction of sp³-hybridized carbons (Fsp3) is 0.385. The number of carbonyl (C=O) groups excluding carboxylic acids is 1. The van der Waals surface area contributed by atoms with E-state index in [9.17, 15) is 9.59 Å². The third-order valence-electron chi connectivity index (χ3n) is 2.68. The van der Waals surface area contributed by atoms with Gasteiger partial charge in [0, 0.05) is 6.42 Å². The molecule has 0 unspecified atom stereocenters. The van der Waals surface area contributed by atoms with Crippen molar-refractivity contribution >= 4 is 11.9 Å². The summed E-state index contributed by atoms with van der Waals surface area (Å²) >= 11 is 0. The fourth-order valence-corrected chi connectivity index (χ4v) is 1.74. The molecule has 0 spiro atoms. The highest BCUT2D eigenvalue weighted by atomic mass is 16.4. The van der Waals surface area contributed by atoms with Crippen molar-refractivity contribution < 1.29 is 14.7 Å². The van der Waals surface area contributed by atoms with Crippen LogP contribution in [0.15, 0.2) is 18.2 Å². The van der Waals surface area contributed by atoms with Crippen molar-refractivity contribution in [3.8, 4) is 0 Å². The van der Waals surface area contributed by atoms with Gasteiger partial charge in [0.2, 0.25) is 5.91 Å². The Balaban J connectivity index is 2.50. The smallest absolute Gasteiger partial charge is 0.322 e. The number of rotatable bonds is 5. The van der Waals surface area contributed by atoms with Gasteiger partial charge in [0.05, 0.1) is 0 Å². The Hall–Kier alpha value is -1.84. The summed E-state index contributed by atoms with van der Waals surface area (Å²) in [4.78, 5) is 21.6. The molecule has 0 aliphatic carbocycles. The molecule has 0 radical (unpaired) electrons. The van der Waals surface area contributed by atoms with Crippen LogP contribution in [0.3, 0.4) is 0 Å². The van der Waals surface area contributed by atoms with Crippen LogP contribution in [-0.2, 0) is 16.0 Å². The van der Waals surface area contributed by atoms with Crippen LogP contribution in [0.1, 0.15) is 23.1 Å². The first-order valence-corrected chi connectivity index (χ1v) is 5.54. The predicted octanol–water partition coefficient (Wildman–Crippen LogP) is 1.44. The second kappa shape index (κ2) is 6.03. The maximum Gasteiger partial charge on any atom is 0.322 e. The molecular formula is C13H17NO3. The van der Waals surface area contributed by atoms with Crippen LogP contribution in [0.4, 0.5) is 0 Å². The van der Waals surface area contributed by atoms with Crippen LogP contribution in [0.5, 0.6) is 0 Å². The number of amides is 1. The molecule has 2 N–H and O–H groups in total. The number of aryl methyl sites for hydroxylation is 2. The van der Waals surface area contributed by atoms with Crippen LogP contribution < -0.4 is 5.32 Å². The van der Waals surface area contributed by atoms with Crippen molar-refractivity contribution in [3.05, 3.63) is 34.9 Å². The van der Waals surface area contributed by atoms with Gasteiger partial charge in [-0.1, -0.05) is 18.2 Å². The van der Waals surface area contributed by atoms with E-state index in [1.54, 1.807) is 0 Å². The summed E-state index contributed by atoms with van der Waals surface area (Å²) in [6, 6.07) is 6.01. The third-order valence-corrected chi connectivity index (χ3v) is 2.68. The fourth-order valence-electron chi connectivity index (χ4n) is 1.74. The second-order valence-corrected chi connectivity index (χ2v) is 4.04. The molecule has 92 valence electrons. The SMILES string of the molecule is Cc1cccc(C)c1CCC(=O)NCC(=O)O. The van der Waals surface area contributed by atoms with Gasteiger partial charge < -0.3 is 10.4 Å². The Labute approximate surface area is 101 Å². The molecule has 1 aromatic carbocycles. The molecule has 0 atom stereocenters. The minimum atomic E-state index is -1.02. The number of hydrogen-bond acceptors (Lipinski definition) is 2. The topological polar surface area (TPSA) is 66.4 Å². The Morgan fingerprint density at radius 3 is 2.35 bits per heavy atom. The van der Waals surface area contributed by atoms with Gasteiger partial charge >= 0.3 is 5.97 Å². The van der Waals surface area contributed by atoms with Gasteiger partial charge in [0.1, 0.15) is 6.54 Å². The van der Waals surface area contributed by atoms with E-state index in [1.807, 2.05) is 32.0 Å². The molecule has 0 saturated heterocycles. The second-order valence-electron chi connectivity index (χ2n) is 4.04. The summed E-state index contributed by atoms with van der Waals surface area (Å²) in [6.45, 7) is 3.71. The molecule has 0 aromatic heterocycles. The predicted molar refractivity (Wildman–Crippen MR) is 64.9 cm³/mol. The zero-order chi connectivity index (χ0) is 12.8. The first-order chi connectivity index (χ1) is 8.00. The quantitative estimate of drug-likeness (QED) is 0.811. The number of benzene rings is 1. The minimum absolute atomic E-state index is 0.227. The van der Waals surface area contributed by atoms with E-state index < -0.39 is 5.97 Å². The molecule has 4 nitrogen and oxygen atoms in total. The molecule has 0 saturated carbocycles. The molecule has 0 fully saturated rings. The highest BCUT2D eigenvalue weighted by Crippen LogP contribution is 2.14. The van der Waals surface area contributed by atoms with Crippen molar-refractivity contribution in [1.82, 2.24) is 5.32 Å². The van der Waals surface area contributed by atoms with Gasteiger partial charge in [-0.3, -0.25) is 9.59 Å². The molecular weight excluding hydrogens is 218 g/mol. The van der Waals surface area contributed by atoms with Crippen LogP contribution in [0, 0.1) is 13.8 Å². The van der Waals surface area contributed by atoms with Crippen molar-refractivity contribution in [1.29, 1.82) is 0 Å². The summed E-state index contributed by atoms with van der Waals surface area (Å²) in [5, 5.41) is 10.8. The number of carbonyl (C=O) groups is 2. The van der Waals surface area contributed by atoms with Gasteiger partial charge in [-0.2, -0.15) is 0 Å². The zero-order valence-electron chi connectivity index (χ0n) is 10.1. The lowest BCUT2D eigenvalue weighted by Gasteiger charge is -2.09. The van der Waals surface area contributed by atoms with Gasteiger partial charge in [-0.25, -0.2) is 0 Å². The summed E-state index contributed by atoms with van der Waals surface area (Å²) in [5.41, 5.74) is 3.49. The molecule has 0 aliphatic heterocycles. The molecule has 4 heteroatoms. The summed E-state index contributed by atoms with van der Waals surface area (Å²) in [7, 11) is 0. The van der Waals surface area contributed by atoms with Crippen LogP contribution in [0.2, 0.25) is 0 Å². The molecule has 1 amide bonds. The molecule has 17 heavy (non-hydrogen) atoms. The summed E-state index contributed by atoms with van der Waals surface area (Å²) < 4.78 is 0. The maximum atomic E-state index is 11.4. The van der Waals surface area contributed by atoms with Crippen molar-refractivity contribution in [3.63, 3.8) is 0 Å². The minimum Gasteiger partial charge on any atom is -0.480 e. The number of nitrogens with one attached hydrogen (secondary N) is 1. The Morgan fingerprint density at radius 2 is 1.82 bits per heavy atom. The number of hydrogen-bond donors (Lipinski definition) is 2. The number of carboxylic acid groups (broad SMARTS) is 1. The zero-order valence-corrected chi connectivity index (χ0v) is 10.1.